The number of nitrogens with zero attached hydrogens (tertiary/aromatic N) is 3. The molecule has 1 aliphatic heterocycles. The fourth-order valence-corrected chi connectivity index (χ4v) is 3.92. The molecule has 1 saturated carbocycles. The van der Waals surface area contributed by atoms with Crippen LogP contribution in [0.1, 0.15) is 42.4 Å². The highest BCUT2D eigenvalue weighted by Gasteiger charge is 2.35. The molecule has 0 aromatic carbocycles. The van der Waals surface area contributed by atoms with E-state index in [2.05, 4.69) is 15.5 Å². The molecule has 24 heavy (non-hydrogen) atoms. The van der Waals surface area contributed by atoms with Crippen molar-refractivity contribution in [3.05, 3.63) is 29.2 Å². The number of rotatable bonds is 5. The molecule has 8 heteroatoms. The number of hydrogen-bond acceptors (Lipinski definition) is 6. The van der Waals surface area contributed by atoms with Crippen molar-refractivity contribution in [2.75, 3.05) is 11.9 Å². The van der Waals surface area contributed by atoms with Gasteiger partial charge in [0.15, 0.2) is 0 Å². The Morgan fingerprint density at radius 2 is 2.29 bits per heavy atom. The van der Waals surface area contributed by atoms with Gasteiger partial charge in [-0.25, -0.2) is 0 Å². The number of amides is 2. The molecular weight excluding hydrogens is 328 g/mol. The molecule has 7 nitrogen and oxygen atoms in total. The summed E-state index contributed by atoms with van der Waals surface area (Å²) in [6.07, 6.45) is 5.35. The highest BCUT2D eigenvalue weighted by atomic mass is 32.1. The van der Waals surface area contributed by atoms with Crippen LogP contribution in [0.15, 0.2) is 22.8 Å². The summed E-state index contributed by atoms with van der Waals surface area (Å²) in [7, 11) is 0. The van der Waals surface area contributed by atoms with E-state index in [-0.39, 0.29) is 24.2 Å². The Kier molecular flexibility index (Phi) is 4.05. The van der Waals surface area contributed by atoms with Crippen LogP contribution in [-0.2, 0) is 16.1 Å². The third-order valence-electron chi connectivity index (χ3n) is 4.64. The lowest BCUT2D eigenvalue weighted by Crippen LogP contribution is -2.27. The first-order valence-corrected chi connectivity index (χ1v) is 8.95. The molecular formula is C16H18N4O3S. The standard InChI is InChI=1S/C16H18N4O3S/c21-13-7-11(8-20(13)9-12-5-2-6-23-12)14(22)17-16-19-18-15(24-16)10-3-1-4-10/h2,5-6,10-11H,1,3-4,7-9H2,(H,17,19,22)/t11-/m1/s1. The molecule has 0 spiro atoms. The molecule has 1 aliphatic carbocycles. The average molecular weight is 346 g/mol. The van der Waals surface area contributed by atoms with Crippen LogP contribution in [0.5, 0.6) is 0 Å². The maximum Gasteiger partial charge on any atom is 0.231 e. The molecule has 1 N–H and O–H groups in total. The van der Waals surface area contributed by atoms with Gasteiger partial charge in [0, 0.05) is 18.9 Å². The van der Waals surface area contributed by atoms with Crippen molar-refractivity contribution >= 4 is 28.3 Å². The molecule has 3 heterocycles. The van der Waals surface area contributed by atoms with E-state index < -0.39 is 0 Å². The molecule has 0 bridgehead atoms. The number of carbonyl (C=O) groups is 2. The van der Waals surface area contributed by atoms with E-state index in [0.29, 0.717) is 24.1 Å². The minimum Gasteiger partial charge on any atom is -0.467 e. The van der Waals surface area contributed by atoms with Crippen LogP contribution < -0.4 is 5.32 Å². The van der Waals surface area contributed by atoms with Gasteiger partial charge in [-0.1, -0.05) is 17.8 Å². The lowest BCUT2D eigenvalue weighted by Gasteiger charge is -2.21. The second kappa shape index (κ2) is 6.35. The Hall–Kier alpha value is -2.22. The van der Waals surface area contributed by atoms with Gasteiger partial charge in [0.25, 0.3) is 0 Å². The minimum atomic E-state index is -0.358. The Morgan fingerprint density at radius 1 is 1.42 bits per heavy atom. The van der Waals surface area contributed by atoms with E-state index in [1.807, 2.05) is 6.07 Å². The van der Waals surface area contributed by atoms with E-state index >= 15 is 0 Å². The summed E-state index contributed by atoms with van der Waals surface area (Å²) in [5.41, 5.74) is 0. The summed E-state index contributed by atoms with van der Waals surface area (Å²) in [5, 5.41) is 12.6. The van der Waals surface area contributed by atoms with Gasteiger partial charge in [-0.05, 0) is 25.0 Å². The molecule has 126 valence electrons. The lowest BCUT2D eigenvalue weighted by molar-refractivity contribution is -0.128. The summed E-state index contributed by atoms with van der Waals surface area (Å²) >= 11 is 1.44. The zero-order chi connectivity index (χ0) is 16.5. The van der Waals surface area contributed by atoms with Crippen LogP contribution in [0.4, 0.5) is 5.13 Å². The van der Waals surface area contributed by atoms with Crippen molar-refractivity contribution in [3.63, 3.8) is 0 Å². The van der Waals surface area contributed by atoms with Crippen molar-refractivity contribution in [1.82, 2.24) is 15.1 Å². The summed E-state index contributed by atoms with van der Waals surface area (Å²) in [4.78, 5) is 26.1. The van der Waals surface area contributed by atoms with E-state index in [9.17, 15) is 9.59 Å². The molecule has 1 saturated heterocycles. The van der Waals surface area contributed by atoms with Gasteiger partial charge in [0.1, 0.15) is 10.8 Å². The first kappa shape index (κ1) is 15.3. The highest BCUT2D eigenvalue weighted by Crippen LogP contribution is 2.38. The zero-order valence-electron chi connectivity index (χ0n) is 13.1. The van der Waals surface area contributed by atoms with Gasteiger partial charge in [0.05, 0.1) is 18.7 Å². The predicted octanol–water partition coefficient (Wildman–Crippen LogP) is 2.39. The second-order valence-electron chi connectivity index (χ2n) is 6.32. The SMILES string of the molecule is O=C(Nc1nnc(C2CCC2)s1)[C@@H]1CC(=O)N(Cc2ccco2)C1. The van der Waals surface area contributed by atoms with Gasteiger partial charge in [-0.3, -0.25) is 9.59 Å². The Labute approximate surface area is 143 Å². The number of carbonyl (C=O) groups excluding carboxylic acids is 2. The number of aromatic nitrogens is 2. The molecule has 2 aromatic heterocycles. The monoisotopic (exact) mass is 346 g/mol. The largest absolute Gasteiger partial charge is 0.467 e. The maximum absolute atomic E-state index is 12.4. The number of likely N-dealkylation sites (tertiary alicyclic amines) is 1. The normalized spacial score (nSPS) is 21.1. The maximum atomic E-state index is 12.4. The lowest BCUT2D eigenvalue weighted by atomic mass is 9.86. The molecule has 2 fully saturated rings. The Morgan fingerprint density at radius 3 is 3.00 bits per heavy atom. The summed E-state index contributed by atoms with van der Waals surface area (Å²) in [6.45, 7) is 0.805. The summed E-state index contributed by atoms with van der Waals surface area (Å²) in [5.74, 6) is 0.674. The van der Waals surface area contributed by atoms with Crippen molar-refractivity contribution in [1.29, 1.82) is 0 Å². The van der Waals surface area contributed by atoms with Gasteiger partial charge in [-0.2, -0.15) is 0 Å². The second-order valence-corrected chi connectivity index (χ2v) is 7.33. The van der Waals surface area contributed by atoms with Crippen LogP contribution >= 0.6 is 11.3 Å². The van der Waals surface area contributed by atoms with Crippen molar-refractivity contribution in [2.24, 2.45) is 5.92 Å². The summed E-state index contributed by atoms with van der Waals surface area (Å²) in [6, 6.07) is 3.61. The van der Waals surface area contributed by atoms with E-state index in [0.717, 1.165) is 23.6 Å². The highest BCUT2D eigenvalue weighted by molar-refractivity contribution is 7.15. The minimum absolute atomic E-state index is 0.0287. The third kappa shape index (κ3) is 3.06. The number of hydrogen-bond donors (Lipinski definition) is 1. The average Bonchev–Trinajstić information content (AvgIpc) is 3.21. The van der Waals surface area contributed by atoms with Crippen LogP contribution in [0.25, 0.3) is 0 Å². The number of nitrogens with one attached hydrogen (secondary N) is 1. The Balaban J connectivity index is 1.34. The van der Waals surface area contributed by atoms with E-state index in [4.69, 9.17) is 4.42 Å². The molecule has 1 atom stereocenters. The van der Waals surface area contributed by atoms with Gasteiger partial charge in [0.2, 0.25) is 16.9 Å². The first-order chi connectivity index (χ1) is 11.7. The van der Waals surface area contributed by atoms with Crippen LogP contribution in [-0.4, -0.2) is 33.5 Å². The molecule has 2 aliphatic rings. The van der Waals surface area contributed by atoms with Crippen LogP contribution in [0.2, 0.25) is 0 Å². The molecule has 2 amide bonds. The molecule has 0 unspecified atom stereocenters. The van der Waals surface area contributed by atoms with Gasteiger partial charge >= 0.3 is 0 Å². The number of anilines is 1. The molecule has 4 rings (SSSR count). The van der Waals surface area contributed by atoms with Crippen LogP contribution in [0, 0.1) is 5.92 Å². The van der Waals surface area contributed by atoms with Gasteiger partial charge in [-0.15, -0.1) is 10.2 Å². The summed E-state index contributed by atoms with van der Waals surface area (Å²) < 4.78 is 5.27. The van der Waals surface area contributed by atoms with E-state index in [1.165, 1.54) is 17.8 Å². The first-order valence-electron chi connectivity index (χ1n) is 8.13. The van der Waals surface area contributed by atoms with Crippen molar-refractivity contribution in [3.8, 4) is 0 Å². The zero-order valence-corrected chi connectivity index (χ0v) is 13.9. The number of furan rings is 1. The topological polar surface area (TPSA) is 88.3 Å². The van der Waals surface area contributed by atoms with Crippen LogP contribution in [0.3, 0.4) is 0 Å². The third-order valence-corrected chi connectivity index (χ3v) is 5.64. The van der Waals surface area contributed by atoms with Crippen molar-refractivity contribution < 1.29 is 14.0 Å². The van der Waals surface area contributed by atoms with Crippen molar-refractivity contribution in [2.45, 2.75) is 38.1 Å². The van der Waals surface area contributed by atoms with E-state index in [1.54, 1.807) is 17.2 Å². The Bertz CT molecular complexity index is 738. The quantitative estimate of drug-likeness (QED) is 0.898. The smallest absolute Gasteiger partial charge is 0.231 e. The molecule has 0 radical (unpaired) electrons. The fraction of sp³-hybridized carbons (Fsp3) is 0.500. The predicted molar refractivity (Wildman–Crippen MR) is 87.4 cm³/mol. The van der Waals surface area contributed by atoms with Gasteiger partial charge < -0.3 is 14.6 Å². The fourth-order valence-electron chi connectivity index (χ4n) is 3.00. The molecule has 2 aromatic rings.